The van der Waals surface area contributed by atoms with Gasteiger partial charge in [0.1, 0.15) is 11.8 Å². The molecule has 1 amide bonds. The molecule has 2 aromatic rings. The summed E-state index contributed by atoms with van der Waals surface area (Å²) in [4.78, 5) is 34.6. The molecule has 0 bridgehead atoms. The molecule has 25 heavy (non-hydrogen) atoms. The molecule has 0 heterocycles. The Balaban J connectivity index is 2.07. The number of carboxylic acid groups (broad SMARTS) is 1. The Morgan fingerprint density at radius 3 is 2.36 bits per heavy atom. The number of hydrogen-bond acceptors (Lipinski definition) is 4. The summed E-state index contributed by atoms with van der Waals surface area (Å²) >= 11 is 0. The van der Waals surface area contributed by atoms with Crippen LogP contribution in [0.3, 0.4) is 0 Å². The molecule has 0 aromatic heterocycles. The van der Waals surface area contributed by atoms with Gasteiger partial charge in [-0.15, -0.1) is 0 Å². The highest BCUT2D eigenvalue weighted by molar-refractivity contribution is 5.96. The van der Waals surface area contributed by atoms with Crippen molar-refractivity contribution in [2.75, 3.05) is 0 Å². The number of hydrogen-bond donors (Lipinski definition) is 2. The maximum atomic E-state index is 12.3. The average molecular weight is 341 g/mol. The lowest BCUT2D eigenvalue weighted by molar-refractivity contribution is -0.139. The van der Waals surface area contributed by atoms with Crippen LogP contribution in [0.4, 0.5) is 0 Å². The van der Waals surface area contributed by atoms with Gasteiger partial charge in [-0.25, -0.2) is 4.79 Å². The van der Waals surface area contributed by atoms with E-state index in [1.807, 2.05) is 31.2 Å². The van der Waals surface area contributed by atoms with Gasteiger partial charge in [0.2, 0.25) is 0 Å². The van der Waals surface area contributed by atoms with Crippen molar-refractivity contribution in [1.82, 2.24) is 5.32 Å². The van der Waals surface area contributed by atoms with Gasteiger partial charge in [0, 0.05) is 18.9 Å². The van der Waals surface area contributed by atoms with Crippen molar-refractivity contribution in [1.29, 1.82) is 0 Å². The maximum Gasteiger partial charge on any atom is 0.326 e. The summed E-state index contributed by atoms with van der Waals surface area (Å²) in [7, 11) is 0. The van der Waals surface area contributed by atoms with Gasteiger partial charge in [0.15, 0.2) is 0 Å². The highest BCUT2D eigenvalue weighted by Gasteiger charge is 2.21. The van der Waals surface area contributed by atoms with Crippen molar-refractivity contribution in [2.24, 2.45) is 0 Å². The summed E-state index contributed by atoms with van der Waals surface area (Å²) in [6, 6.07) is 12.3. The normalized spacial score (nSPS) is 11.4. The zero-order valence-corrected chi connectivity index (χ0v) is 14.0. The number of ether oxygens (including phenoxy) is 1. The highest BCUT2D eigenvalue weighted by Crippen LogP contribution is 2.13. The van der Waals surface area contributed by atoms with Gasteiger partial charge in [-0.2, -0.15) is 0 Å². The van der Waals surface area contributed by atoms with Crippen molar-refractivity contribution in [3.8, 4) is 5.75 Å². The quantitative estimate of drug-likeness (QED) is 0.621. The summed E-state index contributed by atoms with van der Waals surface area (Å²) in [6.45, 7) is 3.20. The predicted octanol–water partition coefficient (Wildman–Crippen LogP) is 2.35. The molecule has 0 aliphatic heterocycles. The van der Waals surface area contributed by atoms with Crippen LogP contribution in [0, 0.1) is 6.92 Å². The molecule has 0 unspecified atom stereocenters. The molecule has 0 saturated carbocycles. The summed E-state index contributed by atoms with van der Waals surface area (Å²) in [5.41, 5.74) is 2.14. The van der Waals surface area contributed by atoms with Crippen LogP contribution in [0.25, 0.3) is 0 Å². The van der Waals surface area contributed by atoms with Crippen LogP contribution in [0.15, 0.2) is 48.5 Å². The second kappa shape index (κ2) is 8.10. The second-order valence-electron chi connectivity index (χ2n) is 5.68. The van der Waals surface area contributed by atoms with Gasteiger partial charge < -0.3 is 15.2 Å². The van der Waals surface area contributed by atoms with E-state index in [-0.39, 0.29) is 12.0 Å². The molecule has 6 heteroatoms. The first kappa shape index (κ1) is 18.2. The number of carboxylic acids is 1. The maximum absolute atomic E-state index is 12.3. The van der Waals surface area contributed by atoms with Crippen molar-refractivity contribution in [3.63, 3.8) is 0 Å². The minimum atomic E-state index is -1.11. The Hall–Kier alpha value is -3.15. The van der Waals surface area contributed by atoms with Crippen molar-refractivity contribution >= 4 is 17.8 Å². The van der Waals surface area contributed by atoms with E-state index in [9.17, 15) is 19.5 Å². The lowest BCUT2D eigenvalue weighted by Crippen LogP contribution is -2.42. The third kappa shape index (κ3) is 5.46. The average Bonchev–Trinajstić information content (AvgIpc) is 2.54. The Bertz CT molecular complexity index is 783. The van der Waals surface area contributed by atoms with Gasteiger partial charge in [-0.1, -0.05) is 29.8 Å². The van der Waals surface area contributed by atoms with E-state index in [0.717, 1.165) is 11.1 Å². The third-order valence-corrected chi connectivity index (χ3v) is 3.50. The van der Waals surface area contributed by atoms with Crippen LogP contribution in [0.2, 0.25) is 0 Å². The standard InChI is InChI=1S/C19H19NO5/c1-12-4-3-5-14(10-12)11-17(19(23)24)20-18(22)15-6-8-16(9-7-15)25-13(2)21/h3-10,17H,11H2,1-2H3,(H,20,22)(H,23,24)/t17-/m1/s1. The summed E-state index contributed by atoms with van der Waals surface area (Å²) in [5.74, 6) is -1.75. The first-order valence-electron chi connectivity index (χ1n) is 7.73. The second-order valence-corrected chi connectivity index (χ2v) is 5.68. The Kier molecular flexibility index (Phi) is 5.89. The number of carbonyl (C=O) groups is 3. The van der Waals surface area contributed by atoms with Crippen molar-refractivity contribution in [2.45, 2.75) is 26.3 Å². The number of rotatable bonds is 6. The minimum Gasteiger partial charge on any atom is -0.480 e. The zero-order valence-electron chi connectivity index (χ0n) is 14.0. The van der Waals surface area contributed by atoms with Gasteiger partial charge in [0.25, 0.3) is 5.91 Å². The molecule has 2 rings (SSSR count). The van der Waals surface area contributed by atoms with E-state index in [1.54, 1.807) is 0 Å². The lowest BCUT2D eigenvalue weighted by Gasteiger charge is -2.15. The minimum absolute atomic E-state index is 0.189. The fourth-order valence-electron chi connectivity index (χ4n) is 2.36. The monoisotopic (exact) mass is 341 g/mol. The van der Waals surface area contributed by atoms with E-state index in [0.29, 0.717) is 5.75 Å². The molecule has 6 nitrogen and oxygen atoms in total. The number of aryl methyl sites for hydroxylation is 1. The first-order valence-corrected chi connectivity index (χ1v) is 7.73. The molecule has 0 fully saturated rings. The number of aliphatic carboxylic acids is 1. The number of nitrogens with one attached hydrogen (secondary N) is 1. The fraction of sp³-hybridized carbons (Fsp3) is 0.211. The molecule has 1 atom stereocenters. The topological polar surface area (TPSA) is 92.7 Å². The molecule has 0 spiro atoms. The smallest absolute Gasteiger partial charge is 0.326 e. The van der Waals surface area contributed by atoms with Gasteiger partial charge in [-0.3, -0.25) is 9.59 Å². The molecule has 2 N–H and O–H groups in total. The van der Waals surface area contributed by atoms with E-state index in [1.165, 1.54) is 31.2 Å². The molecule has 130 valence electrons. The lowest BCUT2D eigenvalue weighted by atomic mass is 10.0. The van der Waals surface area contributed by atoms with Crippen LogP contribution in [-0.4, -0.2) is 29.0 Å². The van der Waals surface area contributed by atoms with Gasteiger partial charge in [-0.05, 0) is 36.8 Å². The van der Waals surface area contributed by atoms with E-state index >= 15 is 0 Å². The fourth-order valence-corrected chi connectivity index (χ4v) is 2.36. The number of amides is 1. The summed E-state index contributed by atoms with van der Waals surface area (Å²) in [5, 5.41) is 11.9. The van der Waals surface area contributed by atoms with Crippen LogP contribution >= 0.6 is 0 Å². The van der Waals surface area contributed by atoms with E-state index in [2.05, 4.69) is 5.32 Å². The van der Waals surface area contributed by atoms with Crippen molar-refractivity contribution < 1.29 is 24.2 Å². The SMILES string of the molecule is CC(=O)Oc1ccc(C(=O)N[C@H](Cc2cccc(C)c2)C(=O)O)cc1. The van der Waals surface area contributed by atoms with Crippen molar-refractivity contribution in [3.05, 3.63) is 65.2 Å². The predicted molar refractivity (Wildman–Crippen MR) is 91.5 cm³/mol. The summed E-state index contributed by atoms with van der Waals surface area (Å²) in [6.07, 6.45) is 0.189. The van der Waals surface area contributed by atoms with Crippen LogP contribution < -0.4 is 10.1 Å². The molecular weight excluding hydrogens is 322 g/mol. The van der Waals surface area contributed by atoms with Gasteiger partial charge >= 0.3 is 11.9 Å². The molecule has 0 aliphatic carbocycles. The zero-order chi connectivity index (χ0) is 18.4. The number of carbonyl (C=O) groups excluding carboxylic acids is 2. The molecule has 2 aromatic carbocycles. The molecule has 0 saturated heterocycles. The van der Waals surface area contributed by atoms with Crippen LogP contribution in [-0.2, 0) is 16.0 Å². The molecule has 0 radical (unpaired) electrons. The van der Waals surface area contributed by atoms with E-state index in [4.69, 9.17) is 4.74 Å². The van der Waals surface area contributed by atoms with Crippen LogP contribution in [0.1, 0.15) is 28.4 Å². The number of esters is 1. The Labute approximate surface area is 145 Å². The van der Waals surface area contributed by atoms with Gasteiger partial charge in [0.05, 0.1) is 0 Å². The summed E-state index contributed by atoms with van der Waals surface area (Å²) < 4.78 is 4.89. The molecule has 0 aliphatic rings. The largest absolute Gasteiger partial charge is 0.480 e. The first-order chi connectivity index (χ1) is 11.8. The molecular formula is C19H19NO5. The van der Waals surface area contributed by atoms with Crippen LogP contribution in [0.5, 0.6) is 5.75 Å². The van der Waals surface area contributed by atoms with E-state index < -0.39 is 23.9 Å². The Morgan fingerprint density at radius 1 is 1.12 bits per heavy atom. The number of benzene rings is 2. The Morgan fingerprint density at radius 2 is 1.80 bits per heavy atom. The third-order valence-electron chi connectivity index (χ3n) is 3.50. The highest BCUT2D eigenvalue weighted by atomic mass is 16.5.